The lowest BCUT2D eigenvalue weighted by atomic mass is 9.80. The summed E-state index contributed by atoms with van der Waals surface area (Å²) >= 11 is 0. The van der Waals surface area contributed by atoms with Crippen molar-refractivity contribution in [3.05, 3.63) is 0 Å². The third-order valence-electron chi connectivity index (χ3n) is 3.96. The van der Waals surface area contributed by atoms with Gasteiger partial charge in [-0.1, -0.05) is 26.2 Å². The smallest absolute Gasteiger partial charge is 0.368 e. The highest BCUT2D eigenvalue weighted by atomic mass is 31.2. The van der Waals surface area contributed by atoms with E-state index in [1.165, 1.54) is 0 Å². The first-order valence-corrected chi connectivity index (χ1v) is 9.04. The van der Waals surface area contributed by atoms with Crippen LogP contribution in [0.25, 0.3) is 0 Å². The lowest BCUT2D eigenvalue weighted by molar-refractivity contribution is 0.0727. The van der Waals surface area contributed by atoms with Crippen molar-refractivity contribution >= 4 is 15.2 Å². The van der Waals surface area contributed by atoms with Crippen molar-refractivity contribution < 1.29 is 33.8 Å². The first kappa shape index (κ1) is 16.3. The minimum atomic E-state index is -5.33. The summed E-state index contributed by atoms with van der Waals surface area (Å²) < 4.78 is 22.6. The van der Waals surface area contributed by atoms with E-state index >= 15 is 0 Å². The first-order valence-electron chi connectivity index (χ1n) is 5.81. The lowest BCUT2D eigenvalue weighted by Gasteiger charge is -2.37. The molecule has 0 unspecified atom stereocenters. The highest BCUT2D eigenvalue weighted by molar-refractivity contribution is 7.72. The maximum atomic E-state index is 11.3. The second kappa shape index (κ2) is 4.98. The molecular formula is C9H20O7P2. The predicted molar refractivity (Wildman–Crippen MR) is 64.8 cm³/mol. The predicted octanol–water partition coefficient (Wildman–Crippen LogP) is 1.35. The molecule has 0 aromatic rings. The molecule has 18 heavy (non-hydrogen) atoms. The van der Waals surface area contributed by atoms with Crippen LogP contribution in [0.1, 0.15) is 45.4 Å². The Morgan fingerprint density at radius 1 is 1.06 bits per heavy atom. The molecule has 0 amide bonds. The molecule has 0 saturated heterocycles. The average molecular weight is 302 g/mol. The van der Waals surface area contributed by atoms with Gasteiger partial charge in [0.2, 0.25) is 0 Å². The van der Waals surface area contributed by atoms with Crippen LogP contribution in [0.5, 0.6) is 0 Å². The normalized spacial score (nSPS) is 21.2. The van der Waals surface area contributed by atoms with Gasteiger partial charge in [0, 0.05) is 6.42 Å². The van der Waals surface area contributed by atoms with E-state index in [1.54, 1.807) is 6.92 Å². The zero-order valence-electron chi connectivity index (χ0n) is 10.2. The standard InChI is InChI=1S/C9H20O7P2/c1-2-8(5-3-4-6-8)7-9(10,17(11,12)13)18(14,15)16/h10H,2-7H2,1H3,(H2,11,12,13)(H2,14,15,16). The molecule has 1 fully saturated rings. The Hall–Kier alpha value is 0.260. The third-order valence-corrected chi connectivity index (χ3v) is 7.70. The fourth-order valence-corrected chi connectivity index (χ4v) is 5.10. The van der Waals surface area contributed by atoms with E-state index in [0.717, 1.165) is 12.8 Å². The number of aliphatic hydroxyl groups is 1. The minimum absolute atomic E-state index is 0.523. The molecule has 1 aliphatic carbocycles. The fourth-order valence-electron chi connectivity index (χ4n) is 2.66. The Kier molecular flexibility index (Phi) is 4.52. The van der Waals surface area contributed by atoms with Gasteiger partial charge in [0.05, 0.1) is 0 Å². The topological polar surface area (TPSA) is 135 Å². The van der Waals surface area contributed by atoms with Crippen LogP contribution >= 0.6 is 15.2 Å². The minimum Gasteiger partial charge on any atom is -0.368 e. The molecule has 0 bridgehead atoms. The zero-order valence-corrected chi connectivity index (χ0v) is 12.0. The summed E-state index contributed by atoms with van der Waals surface area (Å²) in [5.74, 6) is 0. The molecule has 7 nitrogen and oxygen atoms in total. The van der Waals surface area contributed by atoms with Gasteiger partial charge in [-0.3, -0.25) is 9.13 Å². The van der Waals surface area contributed by atoms with Gasteiger partial charge in [0.25, 0.3) is 5.08 Å². The van der Waals surface area contributed by atoms with Gasteiger partial charge < -0.3 is 24.7 Å². The van der Waals surface area contributed by atoms with Gasteiger partial charge in [-0.05, 0) is 18.3 Å². The SMILES string of the molecule is CCC1(CC(O)(P(=O)(O)O)P(=O)(O)O)CCCC1. The summed E-state index contributed by atoms with van der Waals surface area (Å²) in [5.41, 5.74) is -0.600. The largest absolute Gasteiger partial charge is 0.369 e. The van der Waals surface area contributed by atoms with Crippen molar-refractivity contribution in [2.24, 2.45) is 5.41 Å². The van der Waals surface area contributed by atoms with Crippen LogP contribution in [-0.2, 0) is 9.13 Å². The van der Waals surface area contributed by atoms with Gasteiger partial charge in [-0.25, -0.2) is 0 Å². The molecule has 9 heteroatoms. The van der Waals surface area contributed by atoms with E-state index in [0.29, 0.717) is 19.3 Å². The highest BCUT2D eigenvalue weighted by Crippen LogP contribution is 2.71. The van der Waals surface area contributed by atoms with Gasteiger partial charge in [0.1, 0.15) is 0 Å². The van der Waals surface area contributed by atoms with E-state index in [9.17, 15) is 14.2 Å². The van der Waals surface area contributed by atoms with Crippen LogP contribution in [0.2, 0.25) is 0 Å². The molecule has 1 aliphatic rings. The molecular weight excluding hydrogens is 282 g/mol. The van der Waals surface area contributed by atoms with Crippen LogP contribution in [0.15, 0.2) is 0 Å². The maximum absolute atomic E-state index is 11.3. The molecule has 0 spiro atoms. The summed E-state index contributed by atoms with van der Waals surface area (Å²) in [5, 5.41) is 6.65. The van der Waals surface area contributed by atoms with E-state index in [4.69, 9.17) is 19.6 Å². The Morgan fingerprint density at radius 2 is 1.44 bits per heavy atom. The second-order valence-electron chi connectivity index (χ2n) is 5.10. The van der Waals surface area contributed by atoms with E-state index in [-0.39, 0.29) is 0 Å². The van der Waals surface area contributed by atoms with Crippen molar-refractivity contribution in [3.8, 4) is 0 Å². The molecule has 0 aromatic heterocycles. The highest BCUT2D eigenvalue weighted by Gasteiger charge is 2.62. The number of hydrogen-bond acceptors (Lipinski definition) is 3. The molecule has 0 heterocycles. The van der Waals surface area contributed by atoms with Gasteiger partial charge in [0.15, 0.2) is 0 Å². The summed E-state index contributed by atoms with van der Waals surface area (Å²) in [4.78, 5) is 36.4. The molecule has 108 valence electrons. The molecule has 0 radical (unpaired) electrons. The van der Waals surface area contributed by atoms with Crippen molar-refractivity contribution in [1.29, 1.82) is 0 Å². The van der Waals surface area contributed by atoms with E-state index < -0.39 is 32.1 Å². The molecule has 1 saturated carbocycles. The average Bonchev–Trinajstić information content (AvgIpc) is 2.63. The van der Waals surface area contributed by atoms with Crippen LogP contribution in [0.4, 0.5) is 0 Å². The summed E-state index contributed by atoms with van der Waals surface area (Å²) in [7, 11) is -10.7. The lowest BCUT2D eigenvalue weighted by Crippen LogP contribution is -2.35. The zero-order chi connectivity index (χ0) is 14.2. The third kappa shape index (κ3) is 2.88. The van der Waals surface area contributed by atoms with Crippen molar-refractivity contribution in [1.82, 2.24) is 0 Å². The second-order valence-corrected chi connectivity index (χ2v) is 9.11. The fraction of sp³-hybridized carbons (Fsp3) is 1.00. The molecule has 1 rings (SSSR count). The van der Waals surface area contributed by atoms with Crippen LogP contribution in [0, 0.1) is 5.41 Å². The first-order chi connectivity index (χ1) is 7.97. The Bertz CT molecular complexity index is 368. The molecule has 0 atom stereocenters. The molecule has 0 aliphatic heterocycles. The number of rotatable bonds is 5. The maximum Gasteiger partial charge on any atom is 0.369 e. The Morgan fingerprint density at radius 3 is 1.72 bits per heavy atom. The van der Waals surface area contributed by atoms with Gasteiger partial charge >= 0.3 is 15.2 Å². The van der Waals surface area contributed by atoms with Crippen LogP contribution < -0.4 is 0 Å². The molecule has 5 N–H and O–H groups in total. The summed E-state index contributed by atoms with van der Waals surface area (Å²) in [6.45, 7) is 1.80. The Balaban J connectivity index is 3.15. The van der Waals surface area contributed by atoms with E-state index in [2.05, 4.69) is 0 Å². The van der Waals surface area contributed by atoms with Crippen molar-refractivity contribution in [3.63, 3.8) is 0 Å². The van der Waals surface area contributed by atoms with Crippen molar-refractivity contribution in [2.75, 3.05) is 0 Å². The van der Waals surface area contributed by atoms with Crippen molar-refractivity contribution in [2.45, 2.75) is 50.5 Å². The van der Waals surface area contributed by atoms with Crippen LogP contribution in [-0.4, -0.2) is 29.8 Å². The monoisotopic (exact) mass is 302 g/mol. The van der Waals surface area contributed by atoms with Crippen LogP contribution in [0.3, 0.4) is 0 Å². The summed E-state index contributed by atoms with van der Waals surface area (Å²) in [6.07, 6.45) is 2.87. The van der Waals surface area contributed by atoms with E-state index in [1.807, 2.05) is 0 Å². The van der Waals surface area contributed by atoms with Gasteiger partial charge in [-0.15, -0.1) is 0 Å². The quantitative estimate of drug-likeness (QED) is 0.484. The van der Waals surface area contributed by atoms with Gasteiger partial charge in [-0.2, -0.15) is 0 Å². The number of hydrogen-bond donors (Lipinski definition) is 5. The Labute approximate surface area is 106 Å². The molecule has 0 aromatic carbocycles. The summed E-state index contributed by atoms with van der Waals surface area (Å²) in [6, 6.07) is 0.